The van der Waals surface area contributed by atoms with Crippen molar-refractivity contribution in [3.05, 3.63) is 99.1 Å². The van der Waals surface area contributed by atoms with E-state index in [1.165, 1.54) is 12.1 Å². The van der Waals surface area contributed by atoms with Crippen LogP contribution in [0.4, 0.5) is 18.9 Å². The first-order valence-electron chi connectivity index (χ1n) is 8.64. The van der Waals surface area contributed by atoms with Crippen LogP contribution in [0.2, 0.25) is 0 Å². The Morgan fingerprint density at radius 1 is 0.897 bits per heavy atom. The maximum absolute atomic E-state index is 12.9. The molecule has 0 fully saturated rings. The number of hydrogen-bond acceptors (Lipinski definition) is 1. The van der Waals surface area contributed by atoms with Gasteiger partial charge in [0.15, 0.2) is 0 Å². The first kappa shape index (κ1) is 20.9. The summed E-state index contributed by atoms with van der Waals surface area (Å²) >= 11 is 2.15. The van der Waals surface area contributed by atoms with Gasteiger partial charge in [-0.2, -0.15) is 13.2 Å². The molecule has 3 aromatic carbocycles. The molecule has 0 aliphatic heterocycles. The van der Waals surface area contributed by atoms with Crippen LogP contribution in [0, 0.1) is 15.4 Å². The summed E-state index contributed by atoms with van der Waals surface area (Å²) in [6.45, 7) is 0.335. The third-order valence-electron chi connectivity index (χ3n) is 4.10. The summed E-state index contributed by atoms with van der Waals surface area (Å²) in [5.74, 6) is 4.79. The quantitative estimate of drug-likeness (QED) is 0.321. The number of anilines is 1. The van der Waals surface area contributed by atoms with E-state index < -0.39 is 17.6 Å². The number of halogens is 4. The van der Waals surface area contributed by atoms with E-state index in [9.17, 15) is 18.0 Å². The van der Waals surface area contributed by atoms with E-state index in [2.05, 4.69) is 34.4 Å². The van der Waals surface area contributed by atoms with Crippen LogP contribution in [0.3, 0.4) is 0 Å². The van der Waals surface area contributed by atoms with Crippen molar-refractivity contribution in [1.29, 1.82) is 0 Å². The monoisotopic (exact) mass is 505 g/mol. The molecule has 0 saturated heterocycles. The van der Waals surface area contributed by atoms with Crippen LogP contribution < -0.4 is 4.90 Å². The van der Waals surface area contributed by atoms with Crippen LogP contribution in [-0.2, 0) is 17.5 Å². The third kappa shape index (κ3) is 5.61. The summed E-state index contributed by atoms with van der Waals surface area (Å²) in [5.41, 5.74) is 1.26. The van der Waals surface area contributed by atoms with E-state index in [4.69, 9.17) is 0 Å². The minimum Gasteiger partial charge on any atom is -0.296 e. The van der Waals surface area contributed by atoms with E-state index in [1.54, 1.807) is 4.90 Å². The van der Waals surface area contributed by atoms with Gasteiger partial charge in [0.05, 0.1) is 17.8 Å². The summed E-state index contributed by atoms with van der Waals surface area (Å²) in [6, 6.07) is 21.4. The van der Waals surface area contributed by atoms with Crippen LogP contribution in [-0.4, -0.2) is 5.91 Å². The Balaban J connectivity index is 1.88. The van der Waals surface area contributed by atoms with Gasteiger partial charge < -0.3 is 0 Å². The molecule has 0 aliphatic carbocycles. The van der Waals surface area contributed by atoms with Gasteiger partial charge in [-0.05, 0) is 64.6 Å². The molecule has 0 saturated carbocycles. The van der Waals surface area contributed by atoms with Crippen molar-refractivity contribution in [2.24, 2.45) is 0 Å². The Kier molecular flexibility index (Phi) is 6.60. The zero-order valence-electron chi connectivity index (χ0n) is 15.1. The molecule has 146 valence electrons. The molecule has 0 heterocycles. The normalized spacial score (nSPS) is 10.8. The largest absolute Gasteiger partial charge is 0.416 e. The molecule has 3 aromatic rings. The standard InChI is InChI=1S/C23H15F3INO/c24-23(25,26)19-13-10-17(11-14-19)12-15-22(29)28(16-18-6-2-1-3-7-18)21-9-5-4-8-20(21)27/h1-11,13-14H,16H2. The van der Waals surface area contributed by atoms with Gasteiger partial charge in [0.25, 0.3) is 0 Å². The highest BCUT2D eigenvalue weighted by Gasteiger charge is 2.29. The number of carbonyl (C=O) groups is 1. The van der Waals surface area contributed by atoms with Crippen molar-refractivity contribution in [3.8, 4) is 11.8 Å². The average Bonchev–Trinajstić information content (AvgIpc) is 2.71. The predicted octanol–water partition coefficient (Wildman–Crippen LogP) is 5.89. The Morgan fingerprint density at radius 3 is 2.14 bits per heavy atom. The second-order valence-electron chi connectivity index (χ2n) is 6.15. The fraction of sp³-hybridized carbons (Fsp3) is 0.0870. The fourth-order valence-electron chi connectivity index (χ4n) is 2.64. The molecule has 0 bridgehead atoms. The van der Waals surface area contributed by atoms with Crippen molar-refractivity contribution >= 4 is 34.2 Å². The van der Waals surface area contributed by atoms with Gasteiger partial charge in [-0.1, -0.05) is 48.4 Å². The van der Waals surface area contributed by atoms with Gasteiger partial charge >= 0.3 is 12.1 Å². The van der Waals surface area contributed by atoms with E-state index in [0.29, 0.717) is 12.1 Å². The van der Waals surface area contributed by atoms with Crippen LogP contribution in [0.25, 0.3) is 0 Å². The topological polar surface area (TPSA) is 20.3 Å². The summed E-state index contributed by atoms with van der Waals surface area (Å²) in [5, 5.41) is 0. The number of alkyl halides is 3. The molecular formula is C23H15F3INO. The van der Waals surface area contributed by atoms with Gasteiger partial charge in [0.1, 0.15) is 0 Å². The lowest BCUT2D eigenvalue weighted by Gasteiger charge is -2.21. The smallest absolute Gasteiger partial charge is 0.296 e. The minimum absolute atomic E-state index is 0.335. The first-order valence-corrected chi connectivity index (χ1v) is 9.72. The molecule has 0 radical (unpaired) electrons. The number of rotatable bonds is 3. The van der Waals surface area contributed by atoms with Crippen molar-refractivity contribution in [2.75, 3.05) is 4.90 Å². The van der Waals surface area contributed by atoms with Gasteiger partial charge in [-0.3, -0.25) is 9.69 Å². The van der Waals surface area contributed by atoms with E-state index >= 15 is 0 Å². The highest BCUT2D eigenvalue weighted by atomic mass is 127. The van der Waals surface area contributed by atoms with Crippen LogP contribution in [0.5, 0.6) is 0 Å². The lowest BCUT2D eigenvalue weighted by atomic mass is 10.1. The highest BCUT2D eigenvalue weighted by Crippen LogP contribution is 2.29. The summed E-state index contributed by atoms with van der Waals surface area (Å²) in [4.78, 5) is 14.4. The van der Waals surface area contributed by atoms with Crippen LogP contribution in [0.15, 0.2) is 78.9 Å². The van der Waals surface area contributed by atoms with Gasteiger partial charge in [0.2, 0.25) is 0 Å². The fourth-order valence-corrected chi connectivity index (χ4v) is 3.32. The van der Waals surface area contributed by atoms with Crippen molar-refractivity contribution < 1.29 is 18.0 Å². The Bertz CT molecular complexity index is 1050. The number of para-hydroxylation sites is 1. The number of hydrogen-bond donors (Lipinski definition) is 0. The summed E-state index contributed by atoms with van der Waals surface area (Å²) in [6.07, 6.45) is -4.40. The molecule has 29 heavy (non-hydrogen) atoms. The Hall–Kier alpha value is -2.79. The number of amides is 1. The van der Waals surface area contributed by atoms with Gasteiger partial charge in [0, 0.05) is 15.1 Å². The number of nitrogens with zero attached hydrogens (tertiary/aromatic N) is 1. The second kappa shape index (κ2) is 9.14. The van der Waals surface area contributed by atoms with E-state index in [1.807, 2.05) is 54.6 Å². The maximum Gasteiger partial charge on any atom is 0.416 e. The molecule has 1 amide bonds. The number of benzene rings is 3. The highest BCUT2D eigenvalue weighted by molar-refractivity contribution is 14.1. The maximum atomic E-state index is 12.9. The van der Waals surface area contributed by atoms with Gasteiger partial charge in [-0.25, -0.2) is 0 Å². The van der Waals surface area contributed by atoms with Crippen LogP contribution >= 0.6 is 22.6 Å². The third-order valence-corrected chi connectivity index (χ3v) is 5.01. The summed E-state index contributed by atoms with van der Waals surface area (Å²) < 4.78 is 38.9. The van der Waals surface area contributed by atoms with Crippen LogP contribution in [0.1, 0.15) is 16.7 Å². The lowest BCUT2D eigenvalue weighted by Crippen LogP contribution is -2.29. The molecule has 0 spiro atoms. The molecule has 2 nitrogen and oxygen atoms in total. The molecule has 0 atom stereocenters. The Labute approximate surface area is 180 Å². The zero-order chi connectivity index (χ0) is 20.9. The van der Waals surface area contributed by atoms with Crippen molar-refractivity contribution in [3.63, 3.8) is 0 Å². The second-order valence-corrected chi connectivity index (χ2v) is 7.32. The summed E-state index contributed by atoms with van der Waals surface area (Å²) in [7, 11) is 0. The molecule has 3 rings (SSSR count). The van der Waals surface area contributed by atoms with E-state index in [-0.39, 0.29) is 0 Å². The Morgan fingerprint density at radius 2 is 1.52 bits per heavy atom. The molecule has 0 aliphatic rings. The average molecular weight is 505 g/mol. The molecule has 0 unspecified atom stereocenters. The van der Waals surface area contributed by atoms with Gasteiger partial charge in [-0.15, -0.1) is 0 Å². The SMILES string of the molecule is O=C(C#Cc1ccc(C(F)(F)F)cc1)N(Cc1ccccc1)c1ccccc1I. The lowest BCUT2D eigenvalue weighted by molar-refractivity contribution is -0.137. The molecule has 6 heteroatoms. The molecular weight excluding hydrogens is 490 g/mol. The molecule has 0 aromatic heterocycles. The zero-order valence-corrected chi connectivity index (χ0v) is 17.2. The first-order chi connectivity index (χ1) is 13.8. The predicted molar refractivity (Wildman–Crippen MR) is 115 cm³/mol. The van der Waals surface area contributed by atoms with E-state index in [0.717, 1.165) is 27.0 Å². The number of carbonyl (C=O) groups excluding carboxylic acids is 1. The molecule has 0 N–H and O–H groups in total. The van der Waals surface area contributed by atoms with Crippen molar-refractivity contribution in [1.82, 2.24) is 0 Å². The van der Waals surface area contributed by atoms with Crippen molar-refractivity contribution in [2.45, 2.75) is 12.7 Å². The minimum atomic E-state index is -4.40.